The molecule has 7 aliphatic rings. The number of carbonyl (C=O) groups excluding carboxylic acids is 6. The first-order valence-electron chi connectivity index (χ1n) is 21.7. The zero-order valence-electron chi connectivity index (χ0n) is 34.2. The number of piperazine rings is 1. The third-order valence-corrected chi connectivity index (χ3v) is 14.0. The number of likely N-dealkylation sites (N-methyl/N-ethyl adjacent to an activating group) is 1. The molecule has 60 heavy (non-hydrogen) atoms. The summed E-state index contributed by atoms with van der Waals surface area (Å²) >= 11 is 0. The monoisotopic (exact) mass is 823 g/mol. The number of imide groups is 2. The Morgan fingerprint density at radius 3 is 2.38 bits per heavy atom. The fraction of sp³-hybridized carbons (Fsp3) is 0.581. The number of nitrogens with two attached hydrogens (primary N) is 1. The third-order valence-electron chi connectivity index (χ3n) is 14.0. The fourth-order valence-electron chi connectivity index (χ4n) is 10.6. The molecule has 0 bridgehead atoms. The molecule has 1 saturated carbocycles. The molecule has 0 radical (unpaired) electrons. The molecule has 6 aliphatic heterocycles. The number of benzene rings is 2. The lowest BCUT2D eigenvalue weighted by molar-refractivity contribution is -0.136. The van der Waals surface area contributed by atoms with E-state index < -0.39 is 47.8 Å². The molecule has 2 aromatic rings. The Balaban J connectivity index is 0.732. The summed E-state index contributed by atoms with van der Waals surface area (Å²) in [6.45, 7) is 6.90. The Morgan fingerprint density at radius 2 is 1.67 bits per heavy atom. The second-order valence-corrected chi connectivity index (χ2v) is 17.8. The van der Waals surface area contributed by atoms with Crippen molar-refractivity contribution in [2.24, 2.45) is 11.7 Å². The van der Waals surface area contributed by atoms with Gasteiger partial charge in [0.2, 0.25) is 17.7 Å². The summed E-state index contributed by atoms with van der Waals surface area (Å²) in [5.41, 5.74) is 9.29. The molecule has 17 nitrogen and oxygen atoms in total. The van der Waals surface area contributed by atoms with Crippen molar-refractivity contribution < 1.29 is 28.8 Å². The molecule has 5 saturated heterocycles. The zero-order chi connectivity index (χ0) is 41.7. The predicted octanol–water partition coefficient (Wildman–Crippen LogP) is 1.10. The van der Waals surface area contributed by atoms with Crippen LogP contribution in [0.4, 0.5) is 16.2 Å². The molecule has 320 valence electrons. The van der Waals surface area contributed by atoms with Crippen LogP contribution in [0.2, 0.25) is 0 Å². The predicted molar refractivity (Wildman–Crippen MR) is 223 cm³/mol. The van der Waals surface area contributed by atoms with E-state index in [4.69, 9.17) is 5.73 Å². The van der Waals surface area contributed by atoms with Gasteiger partial charge >= 0.3 is 6.03 Å². The van der Waals surface area contributed by atoms with Gasteiger partial charge in [-0.2, -0.15) is 0 Å². The molecule has 7 N–H and O–H groups in total. The smallest absolute Gasteiger partial charge is 0.320 e. The van der Waals surface area contributed by atoms with Crippen molar-refractivity contribution in [1.29, 1.82) is 0 Å². The van der Waals surface area contributed by atoms with Gasteiger partial charge < -0.3 is 36.4 Å². The van der Waals surface area contributed by atoms with Crippen molar-refractivity contribution >= 4 is 46.9 Å². The van der Waals surface area contributed by atoms with Crippen LogP contribution in [0.3, 0.4) is 0 Å². The van der Waals surface area contributed by atoms with Gasteiger partial charge in [0.1, 0.15) is 18.2 Å². The number of nitrogens with one attached hydrogen (secondary N) is 5. The maximum Gasteiger partial charge on any atom is 0.320 e. The van der Waals surface area contributed by atoms with Gasteiger partial charge in [-0.3, -0.25) is 44.4 Å². The number of likely N-dealkylation sites (tertiary alicyclic amines) is 2. The molecule has 0 aromatic heterocycles. The number of rotatable bonds is 11. The van der Waals surface area contributed by atoms with E-state index in [1.807, 2.05) is 18.0 Å². The average Bonchev–Trinajstić information content (AvgIpc) is 3.70. The lowest BCUT2D eigenvalue weighted by atomic mass is 9.79. The summed E-state index contributed by atoms with van der Waals surface area (Å²) in [6.07, 6.45) is 5.91. The summed E-state index contributed by atoms with van der Waals surface area (Å²) in [5, 5.41) is 16.4. The van der Waals surface area contributed by atoms with Crippen molar-refractivity contribution in [2.75, 3.05) is 70.0 Å². The minimum atomic E-state index is -0.984. The topological polar surface area (TPSA) is 205 Å². The second-order valence-electron chi connectivity index (χ2n) is 17.8. The van der Waals surface area contributed by atoms with Crippen molar-refractivity contribution in [1.82, 2.24) is 40.4 Å². The van der Waals surface area contributed by atoms with Crippen LogP contribution in [0.5, 0.6) is 0 Å². The Labute approximate surface area is 350 Å². The van der Waals surface area contributed by atoms with Gasteiger partial charge in [-0.05, 0) is 106 Å². The van der Waals surface area contributed by atoms with Gasteiger partial charge in [0.15, 0.2) is 0 Å². The maximum absolute atomic E-state index is 13.5. The second kappa shape index (κ2) is 16.7. The summed E-state index contributed by atoms with van der Waals surface area (Å²) in [5.74, 6) is -1.39. The fourth-order valence-corrected chi connectivity index (χ4v) is 10.6. The summed E-state index contributed by atoms with van der Waals surface area (Å²) in [7, 11) is 1.86. The molecule has 2 aromatic carbocycles. The number of primary amides is 1. The average molecular weight is 824 g/mol. The van der Waals surface area contributed by atoms with Crippen LogP contribution in [0, 0.1) is 5.92 Å². The highest BCUT2D eigenvalue weighted by Crippen LogP contribution is 2.38. The van der Waals surface area contributed by atoms with E-state index in [9.17, 15) is 28.8 Å². The molecular weight excluding hydrogens is 767 g/mol. The Morgan fingerprint density at radius 1 is 0.883 bits per heavy atom. The van der Waals surface area contributed by atoms with E-state index in [2.05, 4.69) is 60.6 Å². The number of amides is 7. The minimum Gasteiger partial charge on any atom is -0.382 e. The summed E-state index contributed by atoms with van der Waals surface area (Å²) in [4.78, 5) is 85.9. The zero-order valence-corrected chi connectivity index (χ0v) is 34.2. The van der Waals surface area contributed by atoms with Gasteiger partial charge in [-0.25, -0.2) is 4.79 Å². The van der Waals surface area contributed by atoms with Crippen LogP contribution < -0.4 is 32.3 Å². The lowest BCUT2D eigenvalue weighted by Crippen LogP contribution is -2.71. The molecule has 9 rings (SSSR count). The number of piperidine rings is 3. The van der Waals surface area contributed by atoms with Crippen molar-refractivity contribution in [3.8, 4) is 0 Å². The molecule has 1 aliphatic carbocycles. The van der Waals surface area contributed by atoms with Gasteiger partial charge in [-0.15, -0.1) is 0 Å². The number of hydrogen-bond acceptors (Lipinski definition) is 12. The Kier molecular flexibility index (Phi) is 11.3. The first-order chi connectivity index (χ1) is 29.0. The van der Waals surface area contributed by atoms with E-state index in [1.165, 1.54) is 5.56 Å². The molecule has 17 heteroatoms. The number of anilines is 2. The van der Waals surface area contributed by atoms with Crippen LogP contribution in [0.1, 0.15) is 83.6 Å². The SMILES string of the molecule is CN1CCN([C@@H]2CCCN(C3CNC(C(N)=O)C(Nc4ccc(C5CCN(C[C@H]6C[C@H](Nc7cccc8c7C(=O)N([C@@H]7CCC(=O)NC7=O)C8=O)C6)CC5)cc4)N3)C2)C1=O. The van der Waals surface area contributed by atoms with Crippen LogP contribution in [0.25, 0.3) is 0 Å². The maximum atomic E-state index is 13.5. The molecule has 3 unspecified atom stereocenters. The van der Waals surface area contributed by atoms with E-state index >= 15 is 0 Å². The van der Waals surface area contributed by atoms with Gasteiger partial charge in [0.05, 0.1) is 17.3 Å². The summed E-state index contributed by atoms with van der Waals surface area (Å²) < 4.78 is 0. The normalized spacial score (nSPS) is 30.6. The van der Waals surface area contributed by atoms with Crippen molar-refractivity contribution in [3.63, 3.8) is 0 Å². The van der Waals surface area contributed by atoms with E-state index in [0.29, 0.717) is 29.6 Å². The minimum absolute atomic E-state index is 0.00927. The van der Waals surface area contributed by atoms with Crippen molar-refractivity contribution in [2.45, 2.75) is 93.8 Å². The van der Waals surface area contributed by atoms with Gasteiger partial charge in [-0.1, -0.05) is 18.2 Å². The van der Waals surface area contributed by atoms with Crippen molar-refractivity contribution in [3.05, 3.63) is 59.2 Å². The first-order valence-corrected chi connectivity index (χ1v) is 21.7. The Bertz CT molecular complexity index is 2020. The Hall–Kier alpha value is -5.10. The molecule has 6 fully saturated rings. The van der Waals surface area contributed by atoms with Crippen LogP contribution in [-0.2, 0) is 14.4 Å². The molecule has 6 heterocycles. The summed E-state index contributed by atoms with van der Waals surface area (Å²) in [6, 6.07) is 12.7. The first kappa shape index (κ1) is 40.3. The molecule has 0 spiro atoms. The third kappa shape index (κ3) is 7.95. The number of fused-ring (bicyclic) bond motifs is 1. The number of hydrogen-bond donors (Lipinski definition) is 6. The highest BCUT2D eigenvalue weighted by molar-refractivity contribution is 6.25. The number of nitrogens with zero attached hydrogens (tertiary/aromatic N) is 5. The van der Waals surface area contributed by atoms with E-state index in [1.54, 1.807) is 17.0 Å². The van der Waals surface area contributed by atoms with Gasteiger partial charge in [0.25, 0.3) is 11.8 Å². The molecular formula is C43H57N11O6. The largest absolute Gasteiger partial charge is 0.382 e. The van der Waals surface area contributed by atoms with Gasteiger partial charge in [0, 0.05) is 69.7 Å². The van der Waals surface area contributed by atoms with Crippen LogP contribution >= 0.6 is 0 Å². The molecule has 7 amide bonds. The molecule has 5 atom stereocenters. The number of carbonyl (C=O) groups is 6. The number of urea groups is 1. The van der Waals surface area contributed by atoms with E-state index in [-0.39, 0.29) is 42.7 Å². The highest BCUT2D eigenvalue weighted by Gasteiger charge is 2.46. The van der Waals surface area contributed by atoms with Crippen LogP contribution in [0.15, 0.2) is 42.5 Å². The van der Waals surface area contributed by atoms with Crippen LogP contribution in [-0.4, -0.2) is 156 Å². The van der Waals surface area contributed by atoms with E-state index in [0.717, 1.165) is 94.9 Å². The quantitative estimate of drug-likeness (QED) is 0.177. The highest BCUT2D eigenvalue weighted by atomic mass is 16.2. The lowest BCUT2D eigenvalue weighted by Gasteiger charge is -2.46. The standard InChI is InChI=1S/C43H57N11O6/c1-50-18-19-53(43(50)60)30-4-3-15-52(24-30)34-22-45-37(38(44)56)39(48-34)47-28-9-7-26(8-10-28)27-13-16-51(17-14-27)23-25-20-29(21-25)46-32-6-2-5-31-36(32)42(59)54(41(31)58)33-11-12-35(55)49-40(33)57/h2,5-10,25,27,29-30,33-34,37,39,45-48H,3-4,11-24H2,1H3,(H2,44,56)(H,49,55,57)/t25-,29-,30-,33-,34?,37?,39?/m1/s1.